The number of carbonyl (C=O) groups is 3. The topological polar surface area (TPSA) is 81.7 Å². The number of amides is 1. The summed E-state index contributed by atoms with van der Waals surface area (Å²) in [4.78, 5) is 34.8. The Morgan fingerprint density at radius 2 is 1.95 bits per heavy atom. The summed E-state index contributed by atoms with van der Waals surface area (Å²) in [5.41, 5.74) is 0.460. The summed E-state index contributed by atoms with van der Waals surface area (Å²) in [6.07, 6.45) is -0.305. The Hall–Kier alpha value is -2.02. The smallest absolute Gasteiger partial charge is 0.343 e. The normalized spacial score (nSPS) is 20.6. The summed E-state index contributed by atoms with van der Waals surface area (Å²) in [5.74, 6) is -1.73. The van der Waals surface area contributed by atoms with E-state index in [0.717, 1.165) is 11.8 Å². The molecule has 1 amide bonds. The summed E-state index contributed by atoms with van der Waals surface area (Å²) >= 11 is 1.08. The predicted molar refractivity (Wildman–Crippen MR) is 71.1 cm³/mol. The third kappa shape index (κ3) is 2.49. The number of carbonyl (C=O) groups excluding carboxylic acids is 3. The molecule has 1 unspecified atom stereocenters. The highest BCUT2D eigenvalue weighted by Gasteiger charge is 2.48. The van der Waals surface area contributed by atoms with Gasteiger partial charge in [0, 0.05) is 4.90 Å². The minimum atomic E-state index is -1.49. The van der Waals surface area contributed by atoms with Crippen LogP contribution in [0.3, 0.4) is 0 Å². The fraction of sp³-hybridized carbons (Fsp3) is 0.308. The minimum absolute atomic E-state index is 0.305. The Morgan fingerprint density at radius 1 is 1.25 bits per heavy atom. The van der Waals surface area contributed by atoms with Crippen LogP contribution in [0, 0.1) is 0 Å². The quantitative estimate of drug-likeness (QED) is 0.836. The number of hydrogen-bond donors (Lipinski definition) is 1. The molecule has 1 aromatic carbocycles. The summed E-state index contributed by atoms with van der Waals surface area (Å²) in [7, 11) is 2.42. The van der Waals surface area contributed by atoms with Crippen molar-refractivity contribution in [1.29, 1.82) is 0 Å². The standard InChI is InChI=1S/C13H13NO5S/c1-18-10(15)7-13(12(17)19-2)14-11(16)8-5-3-4-6-9(8)20-13/h3-6H,7H2,1-2H3,(H,14,16). The van der Waals surface area contributed by atoms with Gasteiger partial charge in [0.1, 0.15) is 0 Å². The molecule has 106 valence electrons. The van der Waals surface area contributed by atoms with E-state index in [4.69, 9.17) is 4.74 Å². The number of hydrogen-bond acceptors (Lipinski definition) is 6. The number of esters is 2. The first-order chi connectivity index (χ1) is 9.52. The molecule has 6 nitrogen and oxygen atoms in total. The maximum absolute atomic E-state index is 12.1. The third-order valence-corrected chi connectivity index (χ3v) is 4.20. The number of nitrogens with one attached hydrogen (secondary N) is 1. The molecule has 1 aliphatic heterocycles. The number of fused-ring (bicyclic) bond motifs is 1. The van der Waals surface area contributed by atoms with Crippen molar-refractivity contribution in [3.8, 4) is 0 Å². The van der Waals surface area contributed by atoms with Gasteiger partial charge in [-0.15, -0.1) is 0 Å². The van der Waals surface area contributed by atoms with Crippen LogP contribution in [-0.2, 0) is 19.1 Å². The van der Waals surface area contributed by atoms with E-state index in [0.29, 0.717) is 10.5 Å². The molecule has 1 N–H and O–H groups in total. The first-order valence-corrected chi connectivity index (χ1v) is 6.60. The Balaban J connectivity index is 2.42. The van der Waals surface area contributed by atoms with Crippen molar-refractivity contribution in [3.05, 3.63) is 29.8 Å². The van der Waals surface area contributed by atoms with E-state index >= 15 is 0 Å². The van der Waals surface area contributed by atoms with Crippen LogP contribution in [0.4, 0.5) is 0 Å². The molecule has 0 spiro atoms. The second-order valence-electron chi connectivity index (χ2n) is 4.12. The van der Waals surface area contributed by atoms with E-state index < -0.39 is 22.7 Å². The van der Waals surface area contributed by atoms with E-state index in [1.807, 2.05) is 0 Å². The van der Waals surface area contributed by atoms with E-state index in [9.17, 15) is 14.4 Å². The lowest BCUT2D eigenvalue weighted by Gasteiger charge is -2.34. The molecular formula is C13H13NO5S. The van der Waals surface area contributed by atoms with Gasteiger partial charge in [0.2, 0.25) is 0 Å². The highest BCUT2D eigenvalue weighted by atomic mass is 32.2. The van der Waals surface area contributed by atoms with Crippen LogP contribution >= 0.6 is 11.8 Å². The average Bonchev–Trinajstić information content (AvgIpc) is 2.46. The van der Waals surface area contributed by atoms with Gasteiger partial charge in [-0.25, -0.2) is 4.79 Å². The highest BCUT2D eigenvalue weighted by Crippen LogP contribution is 2.40. The number of methoxy groups -OCH3 is 2. The number of benzene rings is 1. The van der Waals surface area contributed by atoms with Crippen LogP contribution in [0.2, 0.25) is 0 Å². The molecule has 2 rings (SSSR count). The zero-order valence-corrected chi connectivity index (χ0v) is 11.8. The maximum atomic E-state index is 12.1. The highest BCUT2D eigenvalue weighted by molar-refractivity contribution is 8.01. The van der Waals surface area contributed by atoms with Crippen LogP contribution in [-0.4, -0.2) is 36.9 Å². The van der Waals surface area contributed by atoms with Gasteiger partial charge in [0.25, 0.3) is 5.91 Å². The Kier molecular flexibility index (Phi) is 3.99. The van der Waals surface area contributed by atoms with Crippen molar-refractivity contribution in [2.75, 3.05) is 14.2 Å². The number of thioether (sulfide) groups is 1. The van der Waals surface area contributed by atoms with Gasteiger partial charge in [-0.05, 0) is 12.1 Å². The van der Waals surface area contributed by atoms with Crippen molar-refractivity contribution in [3.63, 3.8) is 0 Å². The molecule has 0 aliphatic carbocycles. The molecule has 0 fully saturated rings. The lowest BCUT2D eigenvalue weighted by atomic mass is 10.1. The van der Waals surface area contributed by atoms with Gasteiger partial charge in [-0.2, -0.15) is 0 Å². The van der Waals surface area contributed by atoms with E-state index in [1.54, 1.807) is 24.3 Å². The van der Waals surface area contributed by atoms with Gasteiger partial charge in [-0.3, -0.25) is 9.59 Å². The SMILES string of the molecule is COC(=O)CC1(C(=O)OC)NC(=O)c2ccccc2S1. The third-order valence-electron chi connectivity index (χ3n) is 2.87. The first kappa shape index (κ1) is 14.4. The molecule has 1 heterocycles. The van der Waals surface area contributed by atoms with Crippen LogP contribution in [0.25, 0.3) is 0 Å². The van der Waals surface area contributed by atoms with Crippen molar-refractivity contribution in [1.82, 2.24) is 5.32 Å². The molecule has 1 aliphatic rings. The average molecular weight is 295 g/mol. The monoisotopic (exact) mass is 295 g/mol. The lowest BCUT2D eigenvalue weighted by molar-refractivity contribution is -0.150. The zero-order chi connectivity index (χ0) is 14.8. The molecule has 1 aromatic rings. The summed E-state index contributed by atoms with van der Waals surface area (Å²) < 4.78 is 9.30. The molecule has 0 bridgehead atoms. The maximum Gasteiger partial charge on any atom is 0.343 e. The summed E-state index contributed by atoms with van der Waals surface area (Å²) in [5, 5.41) is 2.55. The molecule has 0 saturated heterocycles. The number of ether oxygens (including phenoxy) is 2. The van der Waals surface area contributed by atoms with E-state index in [-0.39, 0.29) is 6.42 Å². The van der Waals surface area contributed by atoms with Crippen molar-refractivity contribution >= 4 is 29.6 Å². The van der Waals surface area contributed by atoms with E-state index in [2.05, 4.69) is 10.1 Å². The van der Waals surface area contributed by atoms with Crippen LogP contribution in [0.15, 0.2) is 29.2 Å². The lowest BCUT2D eigenvalue weighted by Crippen LogP contribution is -2.56. The molecule has 1 atom stereocenters. The van der Waals surface area contributed by atoms with Crippen LogP contribution in [0.1, 0.15) is 16.8 Å². The predicted octanol–water partition coefficient (Wildman–Crippen LogP) is 0.954. The second-order valence-corrected chi connectivity index (χ2v) is 5.46. The van der Waals surface area contributed by atoms with Gasteiger partial charge in [0.05, 0.1) is 26.2 Å². The van der Waals surface area contributed by atoms with Crippen molar-refractivity contribution in [2.24, 2.45) is 0 Å². The largest absolute Gasteiger partial charge is 0.469 e. The molecule has 0 saturated carbocycles. The van der Waals surface area contributed by atoms with Gasteiger partial charge in [0.15, 0.2) is 4.87 Å². The molecule has 0 aromatic heterocycles. The Labute approximate surface area is 119 Å². The second kappa shape index (κ2) is 5.54. The molecule has 7 heteroatoms. The van der Waals surface area contributed by atoms with Gasteiger partial charge < -0.3 is 14.8 Å². The number of rotatable bonds is 3. The summed E-state index contributed by atoms with van der Waals surface area (Å²) in [6, 6.07) is 6.85. The minimum Gasteiger partial charge on any atom is -0.469 e. The zero-order valence-electron chi connectivity index (χ0n) is 11.0. The van der Waals surface area contributed by atoms with Crippen molar-refractivity contribution < 1.29 is 23.9 Å². The Bertz CT molecular complexity index is 574. The van der Waals surface area contributed by atoms with E-state index in [1.165, 1.54) is 14.2 Å². The summed E-state index contributed by atoms with van der Waals surface area (Å²) in [6.45, 7) is 0. The van der Waals surface area contributed by atoms with Gasteiger partial charge >= 0.3 is 11.9 Å². The van der Waals surface area contributed by atoms with Crippen LogP contribution in [0.5, 0.6) is 0 Å². The fourth-order valence-electron chi connectivity index (χ4n) is 1.89. The van der Waals surface area contributed by atoms with Gasteiger partial charge in [-0.1, -0.05) is 23.9 Å². The molecule has 0 radical (unpaired) electrons. The fourth-order valence-corrected chi connectivity index (χ4v) is 3.19. The molecular weight excluding hydrogens is 282 g/mol. The van der Waals surface area contributed by atoms with Crippen LogP contribution < -0.4 is 5.32 Å². The molecule has 20 heavy (non-hydrogen) atoms. The Morgan fingerprint density at radius 3 is 2.60 bits per heavy atom. The first-order valence-electron chi connectivity index (χ1n) is 5.78. The van der Waals surface area contributed by atoms with Crippen molar-refractivity contribution in [2.45, 2.75) is 16.2 Å².